The Labute approximate surface area is 118 Å². The first-order chi connectivity index (χ1) is 9.00. The molecule has 0 aliphatic rings. The Morgan fingerprint density at radius 2 is 1.74 bits per heavy atom. The summed E-state index contributed by atoms with van der Waals surface area (Å²) in [5, 5.41) is 11.4. The van der Waals surface area contributed by atoms with Crippen LogP contribution in [-0.2, 0) is 0 Å². The van der Waals surface area contributed by atoms with Crippen molar-refractivity contribution in [3.05, 3.63) is 73.8 Å². The molecule has 2 aromatic rings. The molecule has 0 aromatic heterocycles. The molecule has 0 aliphatic carbocycles. The van der Waals surface area contributed by atoms with Crippen LogP contribution in [0.2, 0.25) is 10.0 Å². The van der Waals surface area contributed by atoms with Gasteiger partial charge >= 0.3 is 0 Å². The molecule has 0 amide bonds. The minimum Gasteiger partial charge on any atom is -0.288 e. The van der Waals surface area contributed by atoms with E-state index >= 15 is 0 Å². The Morgan fingerprint density at radius 3 is 2.37 bits per heavy atom. The van der Waals surface area contributed by atoms with E-state index in [4.69, 9.17) is 23.2 Å². The van der Waals surface area contributed by atoms with Crippen LogP contribution in [0.15, 0.2) is 42.5 Å². The van der Waals surface area contributed by atoms with Gasteiger partial charge in [-0.2, -0.15) is 0 Å². The minimum absolute atomic E-state index is 0.0781. The fraction of sp³-hybridized carbons (Fsp3) is 0. The first-order valence-electron chi connectivity index (χ1n) is 5.24. The number of hydrogen-bond donors (Lipinski definition) is 0. The van der Waals surface area contributed by atoms with Gasteiger partial charge in [-0.3, -0.25) is 14.9 Å². The van der Waals surface area contributed by atoms with Gasteiger partial charge in [0, 0.05) is 16.7 Å². The summed E-state index contributed by atoms with van der Waals surface area (Å²) in [6.45, 7) is 0. The summed E-state index contributed by atoms with van der Waals surface area (Å²) in [4.78, 5) is 22.6. The third-order valence-corrected chi connectivity index (χ3v) is 3.08. The normalized spacial score (nSPS) is 10.2. The first-order valence-corrected chi connectivity index (χ1v) is 5.99. The van der Waals surface area contributed by atoms with Gasteiger partial charge in [-0.15, -0.1) is 0 Å². The van der Waals surface area contributed by atoms with Gasteiger partial charge in [0.1, 0.15) is 5.56 Å². The zero-order valence-corrected chi connectivity index (χ0v) is 11.0. The topological polar surface area (TPSA) is 60.2 Å². The SMILES string of the molecule is O=C(c1ccccc1Cl)c1cc(Cl)ccc1[N+](=O)[O-]. The van der Waals surface area contributed by atoms with Crippen LogP contribution in [0, 0.1) is 10.1 Å². The molecule has 0 atom stereocenters. The highest BCUT2D eigenvalue weighted by Crippen LogP contribution is 2.27. The number of benzene rings is 2. The highest BCUT2D eigenvalue weighted by molar-refractivity contribution is 6.35. The van der Waals surface area contributed by atoms with Crippen molar-refractivity contribution in [1.82, 2.24) is 0 Å². The summed E-state index contributed by atoms with van der Waals surface area (Å²) in [6.07, 6.45) is 0. The van der Waals surface area contributed by atoms with E-state index in [2.05, 4.69) is 0 Å². The van der Waals surface area contributed by atoms with Gasteiger partial charge in [-0.05, 0) is 24.3 Å². The van der Waals surface area contributed by atoms with E-state index in [1.165, 1.54) is 24.3 Å². The number of carbonyl (C=O) groups excluding carboxylic acids is 1. The molecule has 0 saturated carbocycles. The Bertz CT molecular complexity index is 671. The van der Waals surface area contributed by atoms with Crippen LogP contribution >= 0.6 is 23.2 Å². The molecule has 0 N–H and O–H groups in total. The van der Waals surface area contributed by atoms with Crippen molar-refractivity contribution in [3.63, 3.8) is 0 Å². The molecular weight excluding hydrogens is 289 g/mol. The molecule has 0 heterocycles. The van der Waals surface area contributed by atoms with Gasteiger partial charge in [0.05, 0.1) is 9.95 Å². The largest absolute Gasteiger partial charge is 0.288 e. The molecule has 0 radical (unpaired) electrons. The Morgan fingerprint density at radius 1 is 1.05 bits per heavy atom. The van der Waals surface area contributed by atoms with Crippen molar-refractivity contribution in [2.75, 3.05) is 0 Å². The third-order valence-electron chi connectivity index (χ3n) is 2.52. The lowest BCUT2D eigenvalue weighted by Gasteiger charge is -2.04. The number of nitrogens with zero attached hydrogens (tertiary/aromatic N) is 1. The lowest BCUT2D eigenvalue weighted by molar-refractivity contribution is -0.385. The predicted molar refractivity (Wildman–Crippen MR) is 73.0 cm³/mol. The number of carbonyl (C=O) groups is 1. The lowest BCUT2D eigenvalue weighted by atomic mass is 10.0. The fourth-order valence-electron chi connectivity index (χ4n) is 1.64. The van der Waals surface area contributed by atoms with Gasteiger partial charge < -0.3 is 0 Å². The number of nitro benzene ring substituents is 1. The quantitative estimate of drug-likeness (QED) is 0.486. The fourth-order valence-corrected chi connectivity index (χ4v) is 2.03. The predicted octanol–water partition coefficient (Wildman–Crippen LogP) is 4.13. The van der Waals surface area contributed by atoms with E-state index < -0.39 is 10.7 Å². The summed E-state index contributed by atoms with van der Waals surface area (Å²) in [7, 11) is 0. The smallest absolute Gasteiger partial charge is 0.280 e. The van der Waals surface area contributed by atoms with E-state index in [-0.39, 0.29) is 26.9 Å². The van der Waals surface area contributed by atoms with Crippen LogP contribution in [0.25, 0.3) is 0 Å². The molecule has 6 heteroatoms. The molecule has 0 saturated heterocycles. The van der Waals surface area contributed by atoms with Gasteiger partial charge in [0.15, 0.2) is 0 Å². The Hall–Kier alpha value is -1.91. The number of ketones is 1. The maximum Gasteiger partial charge on any atom is 0.280 e. The third kappa shape index (κ3) is 2.75. The van der Waals surface area contributed by atoms with Crippen LogP contribution in [-0.4, -0.2) is 10.7 Å². The zero-order chi connectivity index (χ0) is 14.0. The molecule has 0 fully saturated rings. The van der Waals surface area contributed by atoms with E-state index in [1.807, 2.05) is 0 Å². The van der Waals surface area contributed by atoms with Crippen molar-refractivity contribution in [2.45, 2.75) is 0 Å². The molecule has 0 bridgehead atoms. The molecule has 0 spiro atoms. The second-order valence-electron chi connectivity index (χ2n) is 3.73. The summed E-state index contributed by atoms with van der Waals surface area (Å²) in [5.74, 6) is -0.528. The van der Waals surface area contributed by atoms with Crippen molar-refractivity contribution in [2.24, 2.45) is 0 Å². The highest BCUT2D eigenvalue weighted by Gasteiger charge is 2.22. The van der Waals surface area contributed by atoms with Crippen LogP contribution < -0.4 is 0 Å². The minimum atomic E-state index is -0.625. The molecule has 96 valence electrons. The molecule has 0 unspecified atom stereocenters. The standard InChI is InChI=1S/C13H7Cl2NO3/c14-8-5-6-12(16(18)19)10(7-8)13(17)9-3-1-2-4-11(9)15/h1-7H. The number of halogens is 2. The van der Waals surface area contributed by atoms with Gasteiger partial charge in [-0.25, -0.2) is 0 Å². The molecule has 19 heavy (non-hydrogen) atoms. The summed E-state index contributed by atoms with van der Waals surface area (Å²) >= 11 is 11.7. The van der Waals surface area contributed by atoms with E-state index in [1.54, 1.807) is 18.2 Å². The summed E-state index contributed by atoms with van der Waals surface area (Å²) < 4.78 is 0. The number of hydrogen-bond acceptors (Lipinski definition) is 3. The van der Waals surface area contributed by atoms with Gasteiger partial charge in [0.25, 0.3) is 5.69 Å². The van der Waals surface area contributed by atoms with E-state index in [0.29, 0.717) is 0 Å². The van der Waals surface area contributed by atoms with E-state index in [0.717, 1.165) is 0 Å². The van der Waals surface area contributed by atoms with Crippen LogP contribution in [0.3, 0.4) is 0 Å². The zero-order valence-electron chi connectivity index (χ0n) is 9.47. The highest BCUT2D eigenvalue weighted by atomic mass is 35.5. The van der Waals surface area contributed by atoms with Crippen LogP contribution in [0.4, 0.5) is 5.69 Å². The van der Waals surface area contributed by atoms with Crippen molar-refractivity contribution >= 4 is 34.7 Å². The van der Waals surface area contributed by atoms with Crippen molar-refractivity contribution < 1.29 is 9.72 Å². The molecule has 0 aliphatic heterocycles. The molecular formula is C13H7Cl2NO3. The summed E-state index contributed by atoms with van der Waals surface area (Å²) in [6, 6.07) is 10.2. The molecule has 4 nitrogen and oxygen atoms in total. The average Bonchev–Trinajstić information content (AvgIpc) is 2.38. The Balaban J connectivity index is 2.59. The van der Waals surface area contributed by atoms with Crippen LogP contribution in [0.5, 0.6) is 0 Å². The van der Waals surface area contributed by atoms with Gasteiger partial charge in [-0.1, -0.05) is 35.3 Å². The van der Waals surface area contributed by atoms with Crippen LogP contribution in [0.1, 0.15) is 15.9 Å². The van der Waals surface area contributed by atoms with Crippen molar-refractivity contribution in [3.8, 4) is 0 Å². The lowest BCUT2D eigenvalue weighted by Crippen LogP contribution is -2.06. The van der Waals surface area contributed by atoms with Crippen molar-refractivity contribution in [1.29, 1.82) is 0 Å². The molecule has 2 rings (SSSR count). The first kappa shape index (κ1) is 13.5. The Kier molecular flexibility index (Phi) is 3.83. The maximum absolute atomic E-state index is 12.3. The van der Waals surface area contributed by atoms with Gasteiger partial charge in [0.2, 0.25) is 5.78 Å². The monoisotopic (exact) mass is 295 g/mol. The maximum atomic E-state index is 12.3. The second-order valence-corrected chi connectivity index (χ2v) is 4.57. The molecule has 2 aromatic carbocycles. The second kappa shape index (κ2) is 5.38. The average molecular weight is 296 g/mol. The summed E-state index contributed by atoms with van der Waals surface area (Å²) in [5.41, 5.74) is -0.172. The van der Waals surface area contributed by atoms with E-state index in [9.17, 15) is 14.9 Å². The number of rotatable bonds is 3. The number of nitro groups is 1.